The number of alkyl carbamates (subject to hydrolysis) is 1. The van der Waals surface area contributed by atoms with Gasteiger partial charge in [0.25, 0.3) is 0 Å². The fourth-order valence-electron chi connectivity index (χ4n) is 6.44. The summed E-state index contributed by atoms with van der Waals surface area (Å²) in [4.78, 5) is 27.4. The Labute approximate surface area is 303 Å². The molecule has 1 aromatic rings. The van der Waals surface area contributed by atoms with Gasteiger partial charge < -0.3 is 15.0 Å². The van der Waals surface area contributed by atoms with Crippen molar-refractivity contribution >= 4 is 12.0 Å². The number of allylic oxidation sites excluding steroid dienone is 2. The van der Waals surface area contributed by atoms with Crippen LogP contribution >= 0.6 is 0 Å². The Morgan fingerprint density at radius 2 is 0.939 bits per heavy atom. The molecule has 0 unspecified atom stereocenters. The summed E-state index contributed by atoms with van der Waals surface area (Å²) in [7, 11) is 0. The van der Waals surface area contributed by atoms with Gasteiger partial charge in [0.15, 0.2) is 0 Å². The number of carbonyl (C=O) groups excluding carboxylic acids is 2. The molecule has 2 amide bonds. The van der Waals surface area contributed by atoms with Crippen molar-refractivity contribution in [3.63, 3.8) is 0 Å². The Kier molecular flexibility index (Phi) is 32.4. The van der Waals surface area contributed by atoms with Crippen LogP contribution in [0.15, 0.2) is 42.5 Å². The van der Waals surface area contributed by atoms with Crippen molar-refractivity contribution in [1.29, 1.82) is 0 Å². The van der Waals surface area contributed by atoms with Gasteiger partial charge in [0, 0.05) is 13.1 Å². The van der Waals surface area contributed by atoms with Crippen LogP contribution in [0, 0.1) is 0 Å². The van der Waals surface area contributed by atoms with Crippen molar-refractivity contribution < 1.29 is 14.3 Å². The normalized spacial score (nSPS) is 11.3. The Morgan fingerprint density at radius 1 is 0.551 bits per heavy atom. The topological polar surface area (TPSA) is 58.6 Å². The zero-order valence-corrected chi connectivity index (χ0v) is 32.3. The molecule has 0 spiro atoms. The lowest BCUT2D eigenvalue weighted by Crippen LogP contribution is -2.41. The highest BCUT2D eigenvalue weighted by Crippen LogP contribution is 2.14. The summed E-state index contributed by atoms with van der Waals surface area (Å²) < 4.78 is 5.31. The minimum absolute atomic E-state index is 0.000832. The highest BCUT2D eigenvalue weighted by atomic mass is 16.5. The average molecular weight is 683 g/mol. The number of carbonyl (C=O) groups is 2. The largest absolute Gasteiger partial charge is 0.445 e. The fraction of sp³-hybridized carbons (Fsp3) is 0.773. The molecule has 1 rings (SSSR count). The maximum Gasteiger partial charge on any atom is 0.407 e. The predicted octanol–water partition coefficient (Wildman–Crippen LogP) is 13.3. The van der Waals surface area contributed by atoms with Crippen LogP contribution in [-0.4, -0.2) is 36.5 Å². The lowest BCUT2D eigenvalue weighted by molar-refractivity contribution is -0.130. The van der Waals surface area contributed by atoms with E-state index in [4.69, 9.17) is 4.74 Å². The molecule has 1 aromatic carbocycles. The van der Waals surface area contributed by atoms with Gasteiger partial charge >= 0.3 is 6.09 Å². The molecule has 0 aromatic heterocycles. The number of unbranched alkanes of at least 4 members (excludes halogenated alkanes) is 25. The Hall–Kier alpha value is -2.30. The van der Waals surface area contributed by atoms with Crippen molar-refractivity contribution in [2.45, 2.75) is 200 Å². The Morgan fingerprint density at radius 3 is 1.37 bits per heavy atom. The zero-order chi connectivity index (χ0) is 35.3. The highest BCUT2D eigenvalue weighted by Gasteiger charge is 2.15. The predicted molar refractivity (Wildman–Crippen MR) is 211 cm³/mol. The summed E-state index contributed by atoms with van der Waals surface area (Å²) in [5, 5.41) is 2.68. The smallest absolute Gasteiger partial charge is 0.407 e. The highest BCUT2D eigenvalue weighted by molar-refractivity contribution is 5.82. The van der Waals surface area contributed by atoms with Crippen molar-refractivity contribution in [3.8, 4) is 0 Å². The van der Waals surface area contributed by atoms with E-state index in [1.807, 2.05) is 35.2 Å². The average Bonchev–Trinajstić information content (AvgIpc) is 3.12. The second-order valence-corrected chi connectivity index (χ2v) is 14.3. The molecule has 0 saturated carbocycles. The number of nitrogens with zero attached hydrogens (tertiary/aromatic N) is 1. The third-order valence-electron chi connectivity index (χ3n) is 9.67. The molecular formula is C44H78N2O3. The van der Waals surface area contributed by atoms with E-state index >= 15 is 0 Å². The molecule has 0 aliphatic carbocycles. The van der Waals surface area contributed by atoms with E-state index in [9.17, 15) is 9.59 Å². The molecule has 0 aliphatic heterocycles. The second kappa shape index (κ2) is 35.5. The van der Waals surface area contributed by atoms with Gasteiger partial charge in [-0.3, -0.25) is 4.79 Å². The molecule has 5 heteroatoms. The lowest BCUT2D eigenvalue weighted by atomic mass is 10.0. The molecule has 282 valence electrons. The SMILES string of the molecule is CCCCCCCC/C=C\CCCCCCCCN(CCCCCCCCCCCCCCCC)C(=O)CNC(=O)OCc1ccccc1. The number of ether oxygens (including phenoxy) is 1. The fourth-order valence-corrected chi connectivity index (χ4v) is 6.44. The molecule has 0 bridgehead atoms. The molecule has 0 fully saturated rings. The van der Waals surface area contributed by atoms with Crippen LogP contribution in [0.3, 0.4) is 0 Å². The first-order valence-corrected chi connectivity index (χ1v) is 21.0. The van der Waals surface area contributed by atoms with Gasteiger partial charge in [-0.1, -0.05) is 198 Å². The van der Waals surface area contributed by atoms with E-state index in [1.165, 1.54) is 161 Å². The minimum atomic E-state index is -0.536. The van der Waals surface area contributed by atoms with Crippen LogP contribution in [0.4, 0.5) is 4.79 Å². The van der Waals surface area contributed by atoms with Gasteiger partial charge in [0.05, 0.1) is 0 Å². The zero-order valence-electron chi connectivity index (χ0n) is 32.3. The van der Waals surface area contributed by atoms with E-state index in [-0.39, 0.29) is 19.1 Å². The maximum atomic E-state index is 13.1. The van der Waals surface area contributed by atoms with Gasteiger partial charge in [-0.2, -0.15) is 0 Å². The molecule has 0 aliphatic rings. The first-order valence-electron chi connectivity index (χ1n) is 21.0. The lowest BCUT2D eigenvalue weighted by Gasteiger charge is -2.23. The Balaban J connectivity index is 2.22. The molecule has 0 radical (unpaired) electrons. The van der Waals surface area contributed by atoms with Crippen LogP contribution in [0.1, 0.15) is 199 Å². The number of amides is 2. The number of nitrogens with one attached hydrogen (secondary N) is 1. The summed E-state index contributed by atoms with van der Waals surface area (Å²) in [5.74, 6) is -0.000832. The molecule has 1 N–H and O–H groups in total. The third-order valence-corrected chi connectivity index (χ3v) is 9.67. The van der Waals surface area contributed by atoms with E-state index in [2.05, 4.69) is 31.3 Å². The number of hydrogen-bond donors (Lipinski definition) is 1. The monoisotopic (exact) mass is 683 g/mol. The summed E-state index contributed by atoms with van der Waals surface area (Å²) in [5.41, 5.74) is 0.934. The molecule has 0 heterocycles. The molecule has 0 saturated heterocycles. The van der Waals surface area contributed by atoms with Gasteiger partial charge in [-0.15, -0.1) is 0 Å². The number of rotatable bonds is 35. The van der Waals surface area contributed by atoms with E-state index in [0.717, 1.165) is 37.9 Å². The van der Waals surface area contributed by atoms with E-state index in [0.29, 0.717) is 0 Å². The molecule has 0 atom stereocenters. The Bertz CT molecular complexity index is 887. The van der Waals surface area contributed by atoms with Crippen molar-refractivity contribution in [1.82, 2.24) is 10.2 Å². The standard InChI is InChI=1S/C44H78N2O3/c1-3-5-7-9-11-13-15-17-19-20-22-24-26-28-30-35-39-46(43(47)40-45-44(48)49-41-42-36-32-31-33-37-42)38-34-29-27-25-23-21-18-16-14-12-10-8-6-4-2/h17,19,31-33,36-37H,3-16,18,20-30,34-35,38-41H2,1-2H3,(H,45,48)/b19-17-. The quantitative estimate of drug-likeness (QED) is 0.0572. The van der Waals surface area contributed by atoms with Gasteiger partial charge in [0.2, 0.25) is 5.91 Å². The van der Waals surface area contributed by atoms with Gasteiger partial charge in [0.1, 0.15) is 13.2 Å². The summed E-state index contributed by atoms with van der Waals surface area (Å²) in [6.07, 6.45) is 40.8. The third kappa shape index (κ3) is 30.3. The van der Waals surface area contributed by atoms with Crippen LogP contribution in [-0.2, 0) is 16.1 Å². The van der Waals surface area contributed by atoms with Crippen LogP contribution in [0.25, 0.3) is 0 Å². The second-order valence-electron chi connectivity index (χ2n) is 14.3. The van der Waals surface area contributed by atoms with Crippen molar-refractivity contribution in [2.24, 2.45) is 0 Å². The van der Waals surface area contributed by atoms with Crippen LogP contribution in [0.2, 0.25) is 0 Å². The van der Waals surface area contributed by atoms with E-state index < -0.39 is 6.09 Å². The van der Waals surface area contributed by atoms with Crippen molar-refractivity contribution in [3.05, 3.63) is 48.0 Å². The first kappa shape index (κ1) is 44.7. The van der Waals surface area contributed by atoms with E-state index in [1.54, 1.807) is 0 Å². The minimum Gasteiger partial charge on any atom is -0.445 e. The first-order chi connectivity index (χ1) is 24.2. The maximum absolute atomic E-state index is 13.1. The number of hydrogen-bond acceptors (Lipinski definition) is 3. The molecular weight excluding hydrogens is 604 g/mol. The van der Waals surface area contributed by atoms with Crippen molar-refractivity contribution in [2.75, 3.05) is 19.6 Å². The van der Waals surface area contributed by atoms with Gasteiger partial charge in [-0.05, 0) is 44.1 Å². The number of benzene rings is 1. The summed E-state index contributed by atoms with van der Waals surface area (Å²) in [6.45, 7) is 6.32. The van der Waals surface area contributed by atoms with Crippen LogP contribution in [0.5, 0.6) is 0 Å². The molecule has 5 nitrogen and oxygen atoms in total. The van der Waals surface area contributed by atoms with Gasteiger partial charge in [-0.25, -0.2) is 4.79 Å². The summed E-state index contributed by atoms with van der Waals surface area (Å²) in [6, 6.07) is 9.62. The summed E-state index contributed by atoms with van der Waals surface area (Å²) >= 11 is 0. The molecule has 49 heavy (non-hydrogen) atoms. The van der Waals surface area contributed by atoms with Crippen LogP contribution < -0.4 is 5.32 Å².